The summed E-state index contributed by atoms with van der Waals surface area (Å²) in [5, 5.41) is 15.6. The average molecular weight is 243 g/mol. The van der Waals surface area contributed by atoms with Crippen LogP contribution in [0.4, 0.5) is 0 Å². The quantitative estimate of drug-likeness (QED) is 0.543. The van der Waals surface area contributed by atoms with Crippen LogP contribution in [0.3, 0.4) is 0 Å². The van der Waals surface area contributed by atoms with Gasteiger partial charge in [0.05, 0.1) is 12.7 Å². The fourth-order valence-electron chi connectivity index (χ4n) is 1.37. The van der Waals surface area contributed by atoms with Gasteiger partial charge in [0.2, 0.25) is 5.91 Å². The van der Waals surface area contributed by atoms with E-state index >= 15 is 0 Å². The first-order valence-electron chi connectivity index (χ1n) is 5.44. The highest BCUT2D eigenvalue weighted by atomic mass is 16.5. The number of aliphatic hydroxyl groups excluding tert-OH is 1. The summed E-state index contributed by atoms with van der Waals surface area (Å²) in [6.07, 6.45) is 0.448. The zero-order chi connectivity index (χ0) is 12.7. The van der Waals surface area contributed by atoms with E-state index in [4.69, 9.17) is 4.74 Å². The smallest absolute Gasteiger partial charge is 0.267 e. The summed E-state index contributed by atoms with van der Waals surface area (Å²) in [6, 6.07) is 0. The minimum atomic E-state index is -0.590. The molecule has 1 heterocycles. The molecule has 3 N–H and O–H groups in total. The van der Waals surface area contributed by atoms with Crippen molar-refractivity contribution in [3.63, 3.8) is 0 Å². The van der Waals surface area contributed by atoms with Gasteiger partial charge in [-0.1, -0.05) is 0 Å². The summed E-state index contributed by atoms with van der Waals surface area (Å²) in [6.45, 7) is 0.587. The van der Waals surface area contributed by atoms with Crippen molar-refractivity contribution in [1.29, 1.82) is 0 Å². The van der Waals surface area contributed by atoms with Crippen LogP contribution in [0.15, 0.2) is 5.10 Å². The molecule has 17 heavy (non-hydrogen) atoms. The van der Waals surface area contributed by atoms with E-state index in [-0.39, 0.29) is 24.8 Å². The maximum atomic E-state index is 11.5. The lowest BCUT2D eigenvalue weighted by atomic mass is 10.1. The Balaban J connectivity index is 2.23. The van der Waals surface area contributed by atoms with Gasteiger partial charge in [-0.05, 0) is 6.42 Å². The molecule has 0 saturated carbocycles. The Morgan fingerprint density at radius 1 is 1.65 bits per heavy atom. The van der Waals surface area contributed by atoms with Crippen LogP contribution in [-0.4, -0.2) is 49.0 Å². The van der Waals surface area contributed by atoms with Gasteiger partial charge in [0, 0.05) is 26.5 Å². The Hall–Kier alpha value is -1.47. The van der Waals surface area contributed by atoms with Gasteiger partial charge < -0.3 is 15.2 Å². The van der Waals surface area contributed by atoms with E-state index < -0.39 is 6.10 Å². The predicted molar refractivity (Wildman–Crippen MR) is 60.3 cm³/mol. The Morgan fingerprint density at radius 2 is 2.41 bits per heavy atom. The molecule has 1 atom stereocenters. The first-order chi connectivity index (χ1) is 8.13. The summed E-state index contributed by atoms with van der Waals surface area (Å²) in [5.74, 6) is -0.494. The Bertz CT molecular complexity index is 317. The maximum Gasteiger partial charge on any atom is 0.267 e. The molecule has 0 aromatic carbocycles. The van der Waals surface area contributed by atoms with Crippen molar-refractivity contribution < 1.29 is 19.4 Å². The standard InChI is InChI=1S/C10H17N3O4/c1-17-6-7(14)4-5-11-10(16)8-2-3-9(15)13-12-8/h7,14H,2-6H2,1H3,(H,11,16)(H,13,15). The van der Waals surface area contributed by atoms with Crippen LogP contribution < -0.4 is 10.7 Å². The summed E-state index contributed by atoms with van der Waals surface area (Å²) in [7, 11) is 1.50. The predicted octanol–water partition coefficient (Wildman–Crippen LogP) is -1.23. The van der Waals surface area contributed by atoms with E-state index in [1.54, 1.807) is 0 Å². The highest BCUT2D eigenvalue weighted by Gasteiger charge is 2.17. The molecule has 7 nitrogen and oxygen atoms in total. The van der Waals surface area contributed by atoms with E-state index in [1.165, 1.54) is 7.11 Å². The molecule has 0 fully saturated rings. The fraction of sp³-hybridized carbons (Fsp3) is 0.700. The third-order valence-electron chi connectivity index (χ3n) is 2.29. The number of methoxy groups -OCH3 is 1. The van der Waals surface area contributed by atoms with E-state index in [9.17, 15) is 14.7 Å². The molecule has 96 valence electrons. The van der Waals surface area contributed by atoms with Gasteiger partial charge in [-0.3, -0.25) is 9.59 Å². The first kappa shape index (κ1) is 13.6. The SMILES string of the molecule is COCC(O)CCNC(=O)C1=NNC(=O)CC1. The minimum Gasteiger partial charge on any atom is -0.391 e. The topological polar surface area (TPSA) is 100 Å². The molecular formula is C10H17N3O4. The summed E-state index contributed by atoms with van der Waals surface area (Å²) >= 11 is 0. The van der Waals surface area contributed by atoms with Crippen molar-refractivity contribution in [2.24, 2.45) is 5.10 Å². The number of hydrogen-bond acceptors (Lipinski definition) is 5. The summed E-state index contributed by atoms with van der Waals surface area (Å²) in [4.78, 5) is 22.3. The highest BCUT2D eigenvalue weighted by Crippen LogP contribution is 1.99. The number of ether oxygens (including phenoxy) is 1. The molecule has 0 aromatic heterocycles. The third-order valence-corrected chi connectivity index (χ3v) is 2.29. The third kappa shape index (κ3) is 4.92. The number of carbonyl (C=O) groups excluding carboxylic acids is 2. The van der Waals surface area contributed by atoms with Crippen molar-refractivity contribution in [3.8, 4) is 0 Å². The number of aliphatic hydroxyl groups is 1. The number of rotatable bonds is 6. The number of nitrogens with zero attached hydrogens (tertiary/aromatic N) is 1. The number of hydrazone groups is 1. The molecule has 2 amide bonds. The Kier molecular flexibility index (Phi) is 5.58. The molecule has 1 rings (SSSR count). The average Bonchev–Trinajstić information content (AvgIpc) is 2.30. The summed E-state index contributed by atoms with van der Waals surface area (Å²) in [5.41, 5.74) is 2.56. The molecule has 0 saturated heterocycles. The van der Waals surface area contributed by atoms with Crippen LogP contribution in [-0.2, 0) is 14.3 Å². The molecule has 7 heteroatoms. The van der Waals surface area contributed by atoms with E-state index in [1.807, 2.05) is 0 Å². The molecule has 1 unspecified atom stereocenters. The number of hydrogen-bond donors (Lipinski definition) is 3. The molecule has 1 aliphatic heterocycles. The second-order valence-electron chi connectivity index (χ2n) is 3.75. The lowest BCUT2D eigenvalue weighted by Gasteiger charge is -2.13. The normalized spacial score (nSPS) is 17.1. The van der Waals surface area contributed by atoms with Crippen LogP contribution in [0.2, 0.25) is 0 Å². The van der Waals surface area contributed by atoms with Crippen LogP contribution >= 0.6 is 0 Å². The van der Waals surface area contributed by atoms with E-state index in [2.05, 4.69) is 15.8 Å². The first-order valence-corrected chi connectivity index (χ1v) is 5.44. The zero-order valence-electron chi connectivity index (χ0n) is 9.73. The van der Waals surface area contributed by atoms with Gasteiger partial charge in [0.1, 0.15) is 5.71 Å². The monoisotopic (exact) mass is 243 g/mol. The van der Waals surface area contributed by atoms with Crippen LogP contribution in [0.25, 0.3) is 0 Å². The van der Waals surface area contributed by atoms with Crippen LogP contribution in [0.5, 0.6) is 0 Å². The number of carbonyl (C=O) groups is 2. The largest absolute Gasteiger partial charge is 0.391 e. The molecular weight excluding hydrogens is 226 g/mol. The Morgan fingerprint density at radius 3 is 3.00 bits per heavy atom. The van der Waals surface area contributed by atoms with Crippen molar-refractivity contribution in [2.45, 2.75) is 25.4 Å². The maximum absolute atomic E-state index is 11.5. The van der Waals surface area contributed by atoms with Crippen molar-refractivity contribution in [1.82, 2.24) is 10.7 Å². The lowest BCUT2D eigenvalue weighted by molar-refractivity contribution is -0.121. The molecule has 0 aromatic rings. The molecule has 0 bridgehead atoms. The van der Waals surface area contributed by atoms with Crippen molar-refractivity contribution in [2.75, 3.05) is 20.3 Å². The molecule has 1 aliphatic rings. The second kappa shape index (κ2) is 6.97. The minimum absolute atomic E-state index is 0.183. The van der Waals surface area contributed by atoms with E-state index in [0.29, 0.717) is 25.1 Å². The van der Waals surface area contributed by atoms with Gasteiger partial charge in [-0.15, -0.1) is 0 Å². The van der Waals surface area contributed by atoms with Gasteiger partial charge in [-0.25, -0.2) is 5.43 Å². The zero-order valence-corrected chi connectivity index (χ0v) is 9.73. The molecule has 0 aliphatic carbocycles. The molecule has 0 spiro atoms. The van der Waals surface area contributed by atoms with Gasteiger partial charge >= 0.3 is 0 Å². The highest BCUT2D eigenvalue weighted by molar-refractivity contribution is 6.39. The van der Waals surface area contributed by atoms with Crippen molar-refractivity contribution in [3.05, 3.63) is 0 Å². The lowest BCUT2D eigenvalue weighted by Crippen LogP contribution is -2.38. The van der Waals surface area contributed by atoms with Crippen LogP contribution in [0, 0.1) is 0 Å². The van der Waals surface area contributed by atoms with Crippen LogP contribution in [0.1, 0.15) is 19.3 Å². The second-order valence-corrected chi connectivity index (χ2v) is 3.75. The number of nitrogens with one attached hydrogen (secondary N) is 2. The fourth-order valence-corrected chi connectivity index (χ4v) is 1.37. The number of amides is 2. The summed E-state index contributed by atoms with van der Waals surface area (Å²) < 4.78 is 4.76. The Labute approximate surface area is 99.2 Å². The van der Waals surface area contributed by atoms with Gasteiger partial charge in [-0.2, -0.15) is 5.10 Å². The molecule has 0 radical (unpaired) electrons. The van der Waals surface area contributed by atoms with Gasteiger partial charge in [0.15, 0.2) is 0 Å². The van der Waals surface area contributed by atoms with E-state index in [0.717, 1.165) is 0 Å². The van der Waals surface area contributed by atoms with Gasteiger partial charge in [0.25, 0.3) is 5.91 Å². The van der Waals surface area contributed by atoms with Crippen molar-refractivity contribution >= 4 is 17.5 Å².